The fourth-order valence-electron chi connectivity index (χ4n) is 2.83. The molecule has 4 aromatic rings. The predicted molar refractivity (Wildman–Crippen MR) is 117 cm³/mol. The summed E-state index contributed by atoms with van der Waals surface area (Å²) in [7, 11) is 0. The van der Waals surface area contributed by atoms with Crippen LogP contribution >= 0.6 is 11.6 Å². The molecular weight excluding hydrogens is 434 g/mol. The molecule has 3 heterocycles. The number of rotatable bonds is 8. The summed E-state index contributed by atoms with van der Waals surface area (Å²) in [4.78, 5) is 28.7. The van der Waals surface area contributed by atoms with Gasteiger partial charge in [0.15, 0.2) is 5.76 Å². The summed E-state index contributed by atoms with van der Waals surface area (Å²) in [5, 5.41) is 11.3. The minimum Gasteiger partial charge on any atom is -0.475 e. The van der Waals surface area contributed by atoms with Crippen molar-refractivity contribution in [1.82, 2.24) is 25.1 Å². The zero-order valence-electron chi connectivity index (χ0n) is 16.8. The first-order chi connectivity index (χ1) is 15.6. The van der Waals surface area contributed by atoms with E-state index in [2.05, 4.69) is 20.5 Å². The number of halogens is 1. The van der Waals surface area contributed by atoms with Crippen LogP contribution in [0.1, 0.15) is 0 Å². The second-order valence-electron chi connectivity index (χ2n) is 6.68. The molecular formula is C22H18ClN5O4. The van der Waals surface area contributed by atoms with Crippen molar-refractivity contribution in [3.05, 3.63) is 82.6 Å². The van der Waals surface area contributed by atoms with Gasteiger partial charge in [0.05, 0.1) is 24.8 Å². The van der Waals surface area contributed by atoms with Gasteiger partial charge in [-0.25, -0.2) is 4.98 Å². The molecule has 4 rings (SSSR count). The molecule has 0 saturated carbocycles. The van der Waals surface area contributed by atoms with Gasteiger partial charge in [0.2, 0.25) is 11.8 Å². The highest BCUT2D eigenvalue weighted by atomic mass is 35.5. The Morgan fingerprint density at radius 1 is 1.09 bits per heavy atom. The Hall–Kier alpha value is -3.98. The van der Waals surface area contributed by atoms with Crippen LogP contribution in [0.2, 0.25) is 5.02 Å². The SMILES string of the molecule is O=C(Cn1cnc(-c2ccc(Cl)cc2)cc1=O)NCCOc1ccc(-c2ccco2)nn1. The molecule has 1 N–H and O–H groups in total. The largest absolute Gasteiger partial charge is 0.475 e. The number of aromatic nitrogens is 4. The minimum absolute atomic E-state index is 0.148. The maximum absolute atomic E-state index is 12.3. The van der Waals surface area contributed by atoms with E-state index in [4.69, 9.17) is 20.8 Å². The van der Waals surface area contributed by atoms with E-state index in [0.29, 0.717) is 28.1 Å². The van der Waals surface area contributed by atoms with Crippen LogP contribution in [0.5, 0.6) is 5.88 Å². The molecule has 1 amide bonds. The average Bonchev–Trinajstić information content (AvgIpc) is 3.34. The average molecular weight is 452 g/mol. The molecule has 0 radical (unpaired) electrons. The van der Waals surface area contributed by atoms with Gasteiger partial charge >= 0.3 is 0 Å². The molecule has 162 valence electrons. The zero-order chi connectivity index (χ0) is 22.3. The number of benzene rings is 1. The van der Waals surface area contributed by atoms with Crippen molar-refractivity contribution in [2.45, 2.75) is 6.54 Å². The molecule has 0 saturated heterocycles. The normalized spacial score (nSPS) is 10.7. The summed E-state index contributed by atoms with van der Waals surface area (Å²) in [5.74, 6) is 0.603. The van der Waals surface area contributed by atoms with Crippen molar-refractivity contribution in [1.29, 1.82) is 0 Å². The molecule has 3 aromatic heterocycles. The lowest BCUT2D eigenvalue weighted by Crippen LogP contribution is -2.34. The Kier molecular flexibility index (Phi) is 6.57. The van der Waals surface area contributed by atoms with E-state index < -0.39 is 0 Å². The van der Waals surface area contributed by atoms with Gasteiger partial charge in [0, 0.05) is 22.7 Å². The molecule has 0 aliphatic carbocycles. The monoisotopic (exact) mass is 451 g/mol. The number of amides is 1. The number of hydrogen-bond donors (Lipinski definition) is 1. The summed E-state index contributed by atoms with van der Waals surface area (Å²) in [6, 6.07) is 15.3. The van der Waals surface area contributed by atoms with Gasteiger partial charge in [0.25, 0.3) is 5.56 Å². The lowest BCUT2D eigenvalue weighted by molar-refractivity contribution is -0.121. The number of carbonyl (C=O) groups is 1. The minimum atomic E-state index is -0.337. The number of ether oxygens (including phenoxy) is 1. The van der Waals surface area contributed by atoms with E-state index in [-0.39, 0.29) is 31.2 Å². The third kappa shape index (κ3) is 5.38. The van der Waals surface area contributed by atoms with E-state index in [1.165, 1.54) is 17.0 Å². The van der Waals surface area contributed by atoms with Crippen molar-refractivity contribution in [2.24, 2.45) is 0 Å². The number of nitrogens with one attached hydrogen (secondary N) is 1. The molecule has 1 aromatic carbocycles. The number of carbonyl (C=O) groups excluding carboxylic acids is 1. The van der Waals surface area contributed by atoms with Gasteiger partial charge in [-0.2, -0.15) is 0 Å². The van der Waals surface area contributed by atoms with E-state index in [1.54, 1.807) is 54.8 Å². The van der Waals surface area contributed by atoms with Crippen LogP contribution in [0.4, 0.5) is 0 Å². The number of hydrogen-bond acceptors (Lipinski definition) is 7. The highest BCUT2D eigenvalue weighted by Crippen LogP contribution is 2.18. The Bertz CT molecular complexity index is 1240. The Balaban J connectivity index is 1.24. The van der Waals surface area contributed by atoms with Gasteiger partial charge in [-0.15, -0.1) is 10.2 Å². The molecule has 0 unspecified atom stereocenters. The second kappa shape index (κ2) is 9.88. The van der Waals surface area contributed by atoms with Crippen molar-refractivity contribution in [2.75, 3.05) is 13.2 Å². The topological polar surface area (TPSA) is 112 Å². The van der Waals surface area contributed by atoms with Crippen LogP contribution in [0.3, 0.4) is 0 Å². The lowest BCUT2D eigenvalue weighted by atomic mass is 10.1. The maximum Gasteiger partial charge on any atom is 0.254 e. The summed E-state index contributed by atoms with van der Waals surface area (Å²) in [6.45, 7) is 0.291. The van der Waals surface area contributed by atoms with Gasteiger partial charge < -0.3 is 14.5 Å². The fourth-order valence-corrected chi connectivity index (χ4v) is 2.96. The maximum atomic E-state index is 12.3. The highest BCUT2D eigenvalue weighted by molar-refractivity contribution is 6.30. The summed E-state index contributed by atoms with van der Waals surface area (Å²) < 4.78 is 11.9. The molecule has 9 nitrogen and oxygen atoms in total. The van der Waals surface area contributed by atoms with E-state index in [1.807, 2.05) is 0 Å². The van der Waals surface area contributed by atoms with Gasteiger partial charge in [-0.05, 0) is 30.3 Å². The van der Waals surface area contributed by atoms with Crippen molar-refractivity contribution in [3.63, 3.8) is 0 Å². The van der Waals surface area contributed by atoms with Crippen molar-refractivity contribution < 1.29 is 13.9 Å². The molecule has 0 atom stereocenters. The standard InChI is InChI=1S/C22H18ClN5O4/c23-16-5-3-15(4-6-16)18-12-22(30)28(14-25-18)13-20(29)24-9-11-32-21-8-7-17(26-27-21)19-2-1-10-31-19/h1-8,10,12,14H,9,11,13H2,(H,24,29). The quantitative estimate of drug-likeness (QED) is 0.410. The molecule has 0 aliphatic rings. The Morgan fingerprint density at radius 3 is 2.62 bits per heavy atom. The second-order valence-corrected chi connectivity index (χ2v) is 7.12. The first-order valence-electron chi connectivity index (χ1n) is 9.68. The Labute approximate surface area is 187 Å². The van der Waals surface area contributed by atoms with E-state index in [0.717, 1.165) is 5.56 Å². The molecule has 0 spiro atoms. The third-order valence-corrected chi connectivity index (χ3v) is 4.67. The first kappa shape index (κ1) is 21.3. The highest BCUT2D eigenvalue weighted by Gasteiger charge is 2.08. The first-order valence-corrected chi connectivity index (χ1v) is 10.1. The fraction of sp³-hybridized carbons (Fsp3) is 0.136. The predicted octanol–water partition coefficient (Wildman–Crippen LogP) is 2.81. The van der Waals surface area contributed by atoms with Crippen LogP contribution in [-0.4, -0.2) is 38.8 Å². The Morgan fingerprint density at radius 2 is 1.94 bits per heavy atom. The van der Waals surface area contributed by atoms with Crippen LogP contribution in [0, 0.1) is 0 Å². The molecule has 0 fully saturated rings. The lowest BCUT2D eigenvalue weighted by Gasteiger charge is -2.09. The van der Waals surface area contributed by atoms with E-state index >= 15 is 0 Å². The van der Waals surface area contributed by atoms with Crippen LogP contribution in [0.15, 0.2) is 76.4 Å². The molecule has 32 heavy (non-hydrogen) atoms. The summed E-state index contributed by atoms with van der Waals surface area (Å²) >= 11 is 5.88. The van der Waals surface area contributed by atoms with E-state index in [9.17, 15) is 9.59 Å². The number of furan rings is 1. The van der Waals surface area contributed by atoms with Crippen molar-refractivity contribution >= 4 is 17.5 Å². The van der Waals surface area contributed by atoms with Gasteiger partial charge in [-0.3, -0.25) is 14.2 Å². The summed E-state index contributed by atoms with van der Waals surface area (Å²) in [6.07, 6.45) is 2.90. The zero-order valence-corrected chi connectivity index (χ0v) is 17.5. The molecule has 10 heteroatoms. The molecule has 0 aliphatic heterocycles. The smallest absolute Gasteiger partial charge is 0.254 e. The molecule has 0 bridgehead atoms. The van der Waals surface area contributed by atoms with Crippen LogP contribution in [0.25, 0.3) is 22.7 Å². The summed E-state index contributed by atoms with van der Waals surface area (Å²) in [5.41, 5.74) is 1.54. The van der Waals surface area contributed by atoms with Gasteiger partial charge in [0.1, 0.15) is 18.8 Å². The number of nitrogens with zero attached hydrogens (tertiary/aromatic N) is 4. The van der Waals surface area contributed by atoms with Gasteiger partial charge in [-0.1, -0.05) is 23.7 Å². The third-order valence-electron chi connectivity index (χ3n) is 4.42. The van der Waals surface area contributed by atoms with Crippen molar-refractivity contribution in [3.8, 4) is 28.6 Å². The van der Waals surface area contributed by atoms with Crippen LogP contribution in [-0.2, 0) is 11.3 Å². The van der Waals surface area contributed by atoms with Crippen LogP contribution < -0.4 is 15.6 Å².